The molecule has 1 aromatic heterocycles. The third-order valence-corrected chi connectivity index (χ3v) is 5.52. The van der Waals surface area contributed by atoms with E-state index in [0.29, 0.717) is 16.8 Å². The van der Waals surface area contributed by atoms with E-state index >= 15 is 0 Å². The first kappa shape index (κ1) is 16.2. The van der Waals surface area contributed by atoms with Gasteiger partial charge in [-0.1, -0.05) is 6.92 Å². The Morgan fingerprint density at radius 3 is 2.64 bits per heavy atom. The maximum Gasteiger partial charge on any atom is 0.248 e. The summed E-state index contributed by atoms with van der Waals surface area (Å²) in [5.74, 6) is 1.11. The molecule has 132 valence electrons. The molecule has 1 aromatic carbocycles. The van der Waals surface area contributed by atoms with Crippen LogP contribution >= 0.6 is 0 Å². The lowest BCUT2D eigenvalue weighted by Crippen LogP contribution is -2.37. The summed E-state index contributed by atoms with van der Waals surface area (Å²) < 4.78 is 12.4. The minimum Gasteiger partial charge on any atom is -0.489 e. The number of aromatic amines is 1. The molecule has 5 nitrogen and oxygen atoms in total. The second kappa shape index (κ2) is 5.10. The molecule has 0 spiro atoms. The van der Waals surface area contributed by atoms with Crippen molar-refractivity contribution in [2.24, 2.45) is 5.92 Å². The summed E-state index contributed by atoms with van der Waals surface area (Å²) in [6, 6.07) is 1.56. The third kappa shape index (κ3) is 2.29. The second-order valence-corrected chi connectivity index (χ2v) is 7.92. The van der Waals surface area contributed by atoms with E-state index in [0.717, 1.165) is 35.1 Å². The van der Waals surface area contributed by atoms with Crippen LogP contribution in [-0.2, 0) is 6.42 Å². The number of hydrogen-bond donors (Lipinski definition) is 1. The highest BCUT2D eigenvalue weighted by molar-refractivity contribution is 6.13. The Balaban J connectivity index is 2.17. The molecule has 2 aromatic rings. The molecule has 3 heterocycles. The molecule has 0 aliphatic carbocycles. The van der Waals surface area contributed by atoms with Crippen LogP contribution in [0.1, 0.15) is 55.6 Å². The Hall–Kier alpha value is -2.30. The molecule has 25 heavy (non-hydrogen) atoms. The first-order valence-electron chi connectivity index (χ1n) is 8.82. The number of ketones is 1. The fourth-order valence-electron chi connectivity index (χ4n) is 3.87. The van der Waals surface area contributed by atoms with Gasteiger partial charge >= 0.3 is 0 Å². The van der Waals surface area contributed by atoms with E-state index in [4.69, 9.17) is 9.47 Å². The SMILES string of the molecule is Cc1cc(=O)[nH]c2c3c(c4c(c12)OC(C)(C)CC4)O[C@H](C)[C@@H](C)C3=O. The largest absolute Gasteiger partial charge is 0.489 e. The van der Waals surface area contributed by atoms with Gasteiger partial charge in [-0.05, 0) is 46.1 Å². The van der Waals surface area contributed by atoms with Crippen LogP contribution in [0.4, 0.5) is 0 Å². The minimum atomic E-state index is -0.297. The number of aromatic nitrogens is 1. The Kier molecular flexibility index (Phi) is 3.30. The summed E-state index contributed by atoms with van der Waals surface area (Å²) in [4.78, 5) is 28.0. The Bertz CT molecular complexity index is 970. The van der Waals surface area contributed by atoms with Crippen LogP contribution in [0.2, 0.25) is 0 Å². The zero-order chi connectivity index (χ0) is 18.1. The number of H-pyrrole nitrogens is 1. The number of rotatable bonds is 0. The van der Waals surface area contributed by atoms with Crippen LogP contribution in [0.5, 0.6) is 11.5 Å². The van der Waals surface area contributed by atoms with Crippen LogP contribution in [0.15, 0.2) is 10.9 Å². The Labute approximate surface area is 146 Å². The fourth-order valence-corrected chi connectivity index (χ4v) is 3.87. The number of pyridine rings is 1. The van der Waals surface area contributed by atoms with Crippen molar-refractivity contribution in [3.63, 3.8) is 0 Å². The molecule has 0 fully saturated rings. The smallest absolute Gasteiger partial charge is 0.248 e. The van der Waals surface area contributed by atoms with Gasteiger partial charge in [-0.2, -0.15) is 0 Å². The molecule has 0 saturated heterocycles. The summed E-state index contributed by atoms with van der Waals surface area (Å²) in [5.41, 5.74) is 2.29. The van der Waals surface area contributed by atoms with Crippen molar-refractivity contribution >= 4 is 16.7 Å². The topological polar surface area (TPSA) is 68.4 Å². The quantitative estimate of drug-likeness (QED) is 0.796. The number of benzene rings is 1. The summed E-state index contributed by atoms with van der Waals surface area (Å²) in [6.07, 6.45) is 1.43. The van der Waals surface area contributed by atoms with Gasteiger partial charge in [-0.3, -0.25) is 9.59 Å². The van der Waals surface area contributed by atoms with Crippen molar-refractivity contribution in [3.05, 3.63) is 33.1 Å². The lowest BCUT2D eigenvalue weighted by atomic mass is 9.84. The monoisotopic (exact) mass is 341 g/mol. The first-order chi connectivity index (χ1) is 11.7. The van der Waals surface area contributed by atoms with Crippen LogP contribution < -0.4 is 15.0 Å². The molecule has 1 N–H and O–H groups in total. The van der Waals surface area contributed by atoms with Crippen LogP contribution in [0, 0.1) is 12.8 Å². The van der Waals surface area contributed by atoms with Crippen molar-refractivity contribution in [3.8, 4) is 11.5 Å². The van der Waals surface area contributed by atoms with Gasteiger partial charge in [0.25, 0.3) is 0 Å². The first-order valence-corrected chi connectivity index (χ1v) is 8.82. The van der Waals surface area contributed by atoms with Crippen molar-refractivity contribution in [2.45, 2.75) is 59.2 Å². The molecule has 0 radical (unpaired) electrons. The maximum absolute atomic E-state index is 13.0. The molecule has 5 heteroatoms. The molecule has 0 unspecified atom stereocenters. The van der Waals surface area contributed by atoms with Gasteiger partial charge in [0.05, 0.1) is 17.0 Å². The summed E-state index contributed by atoms with van der Waals surface area (Å²) in [7, 11) is 0. The molecule has 2 aliphatic heterocycles. The summed E-state index contributed by atoms with van der Waals surface area (Å²) in [5, 5.41) is 0.819. The van der Waals surface area contributed by atoms with E-state index in [-0.39, 0.29) is 29.0 Å². The van der Waals surface area contributed by atoms with Crippen molar-refractivity contribution < 1.29 is 14.3 Å². The highest BCUT2D eigenvalue weighted by atomic mass is 16.5. The van der Waals surface area contributed by atoms with Gasteiger partial charge < -0.3 is 14.5 Å². The van der Waals surface area contributed by atoms with Gasteiger partial charge in [0.2, 0.25) is 5.56 Å². The maximum atomic E-state index is 13.0. The van der Waals surface area contributed by atoms with Crippen molar-refractivity contribution in [1.29, 1.82) is 0 Å². The van der Waals surface area contributed by atoms with Gasteiger partial charge in [0, 0.05) is 17.0 Å². The standard InChI is InChI=1S/C20H23NO4/c1-9-8-13(22)21-16-14(9)19-12(6-7-20(4,5)25-19)18-15(16)17(23)10(2)11(3)24-18/h8,10-11H,6-7H2,1-5H3,(H,21,22)/t10-,11-/m1/s1. The van der Waals surface area contributed by atoms with Crippen LogP contribution in [-0.4, -0.2) is 22.5 Å². The molecular formula is C20H23NO4. The molecule has 0 bridgehead atoms. The zero-order valence-electron chi connectivity index (χ0n) is 15.3. The van der Waals surface area contributed by atoms with Crippen molar-refractivity contribution in [2.75, 3.05) is 0 Å². The number of ether oxygens (including phenoxy) is 2. The predicted octanol–water partition coefficient (Wildman–Crippen LogP) is 3.54. The van der Waals surface area contributed by atoms with Crippen LogP contribution in [0.25, 0.3) is 10.9 Å². The van der Waals surface area contributed by atoms with E-state index < -0.39 is 0 Å². The van der Waals surface area contributed by atoms with Crippen molar-refractivity contribution in [1.82, 2.24) is 4.98 Å². The second-order valence-electron chi connectivity index (χ2n) is 7.92. The summed E-state index contributed by atoms with van der Waals surface area (Å²) in [6.45, 7) is 9.77. The zero-order valence-corrected chi connectivity index (χ0v) is 15.3. The lowest BCUT2D eigenvalue weighted by Gasteiger charge is -2.37. The number of carbonyl (C=O) groups excluding carboxylic acids is 1. The van der Waals surface area contributed by atoms with E-state index in [2.05, 4.69) is 18.8 Å². The number of Topliss-reactive ketones (excluding diaryl/α,β-unsaturated/α-hetero) is 1. The average molecular weight is 341 g/mol. The van der Waals surface area contributed by atoms with E-state index in [1.165, 1.54) is 0 Å². The molecule has 0 amide bonds. The molecular weight excluding hydrogens is 318 g/mol. The fraction of sp³-hybridized carbons (Fsp3) is 0.500. The van der Waals surface area contributed by atoms with E-state index in [9.17, 15) is 9.59 Å². The highest BCUT2D eigenvalue weighted by Gasteiger charge is 2.40. The normalized spacial score (nSPS) is 24.3. The minimum absolute atomic E-state index is 0.0210. The number of nitrogens with one attached hydrogen (secondary N) is 1. The Morgan fingerprint density at radius 2 is 1.92 bits per heavy atom. The highest BCUT2D eigenvalue weighted by Crippen LogP contribution is 2.49. The van der Waals surface area contributed by atoms with Crippen LogP contribution in [0.3, 0.4) is 0 Å². The summed E-state index contributed by atoms with van der Waals surface area (Å²) >= 11 is 0. The molecule has 2 atom stereocenters. The average Bonchev–Trinajstić information content (AvgIpc) is 2.50. The lowest BCUT2D eigenvalue weighted by molar-refractivity contribution is 0.0693. The molecule has 0 saturated carbocycles. The van der Waals surface area contributed by atoms with Gasteiger partial charge in [-0.15, -0.1) is 0 Å². The predicted molar refractivity (Wildman–Crippen MR) is 95.9 cm³/mol. The van der Waals surface area contributed by atoms with E-state index in [1.54, 1.807) is 6.07 Å². The number of fused-ring (bicyclic) bond motifs is 6. The van der Waals surface area contributed by atoms with Gasteiger partial charge in [0.1, 0.15) is 23.2 Å². The van der Waals surface area contributed by atoms with E-state index in [1.807, 2.05) is 20.8 Å². The Morgan fingerprint density at radius 1 is 1.20 bits per heavy atom. The molecule has 2 aliphatic rings. The number of carbonyl (C=O) groups is 1. The molecule has 4 rings (SSSR count). The number of hydrogen-bond acceptors (Lipinski definition) is 4. The van der Waals surface area contributed by atoms with Gasteiger partial charge in [-0.25, -0.2) is 0 Å². The number of aryl methyl sites for hydroxylation is 1. The van der Waals surface area contributed by atoms with Gasteiger partial charge in [0.15, 0.2) is 5.78 Å². The third-order valence-electron chi connectivity index (χ3n) is 5.52.